The molecule has 0 aromatic heterocycles. The molecule has 1 atom stereocenters. The van der Waals surface area contributed by atoms with Gasteiger partial charge in [0.1, 0.15) is 0 Å². The Balaban J connectivity index is 2.68. The minimum absolute atomic E-state index is 0.184. The van der Waals surface area contributed by atoms with Crippen molar-refractivity contribution in [3.8, 4) is 0 Å². The second kappa shape index (κ2) is 8.88. The zero-order chi connectivity index (χ0) is 15.0. The van der Waals surface area contributed by atoms with Crippen LogP contribution in [0.5, 0.6) is 0 Å². The van der Waals surface area contributed by atoms with E-state index in [4.69, 9.17) is 4.74 Å². The number of rotatable bonds is 9. The lowest BCUT2D eigenvalue weighted by Crippen LogP contribution is -2.39. The maximum atomic E-state index is 12.4. The highest BCUT2D eigenvalue weighted by atomic mass is 16.5. The molecule has 0 bridgehead atoms. The summed E-state index contributed by atoms with van der Waals surface area (Å²) in [6, 6.07) is 8.34. The average molecular weight is 277 g/mol. The molecule has 0 radical (unpaired) electrons. The van der Waals surface area contributed by atoms with Gasteiger partial charge in [0, 0.05) is 25.3 Å². The van der Waals surface area contributed by atoms with Crippen LogP contribution in [0.1, 0.15) is 43.1 Å². The van der Waals surface area contributed by atoms with E-state index in [1.807, 2.05) is 24.3 Å². The number of benzene rings is 1. The van der Waals surface area contributed by atoms with Crippen molar-refractivity contribution in [3.05, 3.63) is 35.4 Å². The summed E-state index contributed by atoms with van der Waals surface area (Å²) in [5.74, 6) is 0.184. The van der Waals surface area contributed by atoms with Gasteiger partial charge in [-0.05, 0) is 25.3 Å². The Bertz CT molecular complexity index is 400. The van der Waals surface area contributed by atoms with Crippen molar-refractivity contribution in [2.45, 2.75) is 39.7 Å². The molecule has 0 heterocycles. The van der Waals surface area contributed by atoms with Crippen molar-refractivity contribution in [2.75, 3.05) is 26.8 Å². The van der Waals surface area contributed by atoms with Gasteiger partial charge in [0.15, 0.2) is 5.78 Å². The zero-order valence-corrected chi connectivity index (χ0v) is 13.2. The molecule has 20 heavy (non-hydrogen) atoms. The van der Waals surface area contributed by atoms with Gasteiger partial charge in [-0.3, -0.25) is 9.69 Å². The van der Waals surface area contributed by atoms with E-state index in [0.717, 1.165) is 24.9 Å². The third kappa shape index (κ3) is 5.06. The zero-order valence-electron chi connectivity index (χ0n) is 13.2. The molecule has 1 aromatic rings. The summed E-state index contributed by atoms with van der Waals surface area (Å²) in [7, 11) is 1.69. The van der Waals surface area contributed by atoms with E-state index >= 15 is 0 Å². The van der Waals surface area contributed by atoms with Crippen LogP contribution in [0.25, 0.3) is 0 Å². The van der Waals surface area contributed by atoms with Crippen molar-refractivity contribution in [1.82, 2.24) is 4.90 Å². The molecule has 3 nitrogen and oxygen atoms in total. The minimum atomic E-state index is 0.184. The van der Waals surface area contributed by atoms with E-state index in [9.17, 15) is 4.79 Å². The maximum Gasteiger partial charge on any atom is 0.176 e. The van der Waals surface area contributed by atoms with Crippen LogP contribution in [0.2, 0.25) is 0 Å². The SMILES string of the molecule is CCc1ccc(C(=O)CN(CCOC)C(C)CC)cc1. The van der Waals surface area contributed by atoms with Gasteiger partial charge in [0.25, 0.3) is 0 Å². The van der Waals surface area contributed by atoms with E-state index < -0.39 is 0 Å². The molecule has 1 aromatic carbocycles. The van der Waals surface area contributed by atoms with Crippen LogP contribution in [0, 0.1) is 0 Å². The Kier molecular flexibility index (Phi) is 7.48. The smallest absolute Gasteiger partial charge is 0.176 e. The number of aryl methyl sites for hydroxylation is 1. The van der Waals surface area contributed by atoms with Crippen LogP contribution in [0.15, 0.2) is 24.3 Å². The maximum absolute atomic E-state index is 12.4. The van der Waals surface area contributed by atoms with Gasteiger partial charge in [0.05, 0.1) is 13.2 Å². The van der Waals surface area contributed by atoms with E-state index in [-0.39, 0.29) is 5.78 Å². The number of ether oxygens (including phenoxy) is 1. The number of carbonyl (C=O) groups excluding carboxylic acids is 1. The standard InChI is InChI=1S/C17H27NO2/c1-5-14(3)18(11-12-20-4)13-17(19)16-9-7-15(6-2)8-10-16/h7-10,14H,5-6,11-13H2,1-4H3. The van der Waals surface area contributed by atoms with Crippen LogP contribution in [0.3, 0.4) is 0 Å². The van der Waals surface area contributed by atoms with Crippen LogP contribution < -0.4 is 0 Å². The van der Waals surface area contributed by atoms with Gasteiger partial charge < -0.3 is 4.74 Å². The third-order valence-corrected chi connectivity index (χ3v) is 3.83. The van der Waals surface area contributed by atoms with Crippen molar-refractivity contribution in [3.63, 3.8) is 0 Å². The lowest BCUT2D eigenvalue weighted by atomic mass is 10.1. The molecular weight excluding hydrogens is 250 g/mol. The van der Waals surface area contributed by atoms with Gasteiger partial charge in [-0.15, -0.1) is 0 Å². The molecule has 0 N–H and O–H groups in total. The predicted molar refractivity (Wildman–Crippen MR) is 83.4 cm³/mol. The second-order valence-corrected chi connectivity index (χ2v) is 5.19. The Morgan fingerprint density at radius 2 is 1.90 bits per heavy atom. The number of hydrogen-bond donors (Lipinski definition) is 0. The number of hydrogen-bond acceptors (Lipinski definition) is 3. The molecule has 0 amide bonds. The fourth-order valence-corrected chi connectivity index (χ4v) is 2.12. The molecule has 0 aliphatic rings. The largest absolute Gasteiger partial charge is 0.383 e. The Morgan fingerprint density at radius 3 is 2.40 bits per heavy atom. The van der Waals surface area contributed by atoms with Gasteiger partial charge >= 0.3 is 0 Å². The first-order chi connectivity index (χ1) is 9.62. The predicted octanol–water partition coefficient (Wildman–Crippen LogP) is 3.18. The van der Waals surface area contributed by atoms with Gasteiger partial charge in [-0.1, -0.05) is 38.1 Å². The lowest BCUT2D eigenvalue weighted by Gasteiger charge is -2.27. The van der Waals surface area contributed by atoms with Crippen molar-refractivity contribution in [1.29, 1.82) is 0 Å². The normalized spacial score (nSPS) is 12.7. The number of carbonyl (C=O) groups is 1. The quantitative estimate of drug-likeness (QED) is 0.649. The van der Waals surface area contributed by atoms with E-state index in [2.05, 4.69) is 25.7 Å². The monoisotopic (exact) mass is 277 g/mol. The van der Waals surface area contributed by atoms with Gasteiger partial charge in [0.2, 0.25) is 0 Å². The summed E-state index contributed by atoms with van der Waals surface area (Å²) in [6.45, 7) is 8.33. The summed E-state index contributed by atoms with van der Waals surface area (Å²) in [5, 5.41) is 0. The second-order valence-electron chi connectivity index (χ2n) is 5.19. The highest BCUT2D eigenvalue weighted by molar-refractivity contribution is 5.97. The molecule has 0 spiro atoms. The van der Waals surface area contributed by atoms with Crippen LogP contribution in [-0.4, -0.2) is 43.5 Å². The molecular formula is C17H27NO2. The van der Waals surface area contributed by atoms with Gasteiger partial charge in [-0.25, -0.2) is 0 Å². The van der Waals surface area contributed by atoms with Gasteiger partial charge in [-0.2, -0.15) is 0 Å². The molecule has 0 saturated carbocycles. The number of nitrogens with zero attached hydrogens (tertiary/aromatic N) is 1. The molecule has 0 aliphatic heterocycles. The molecule has 0 aliphatic carbocycles. The molecule has 1 unspecified atom stereocenters. The Labute approximate surface area is 122 Å². The third-order valence-electron chi connectivity index (χ3n) is 3.83. The Hall–Kier alpha value is -1.19. The molecule has 0 fully saturated rings. The number of ketones is 1. The van der Waals surface area contributed by atoms with E-state index in [1.54, 1.807) is 7.11 Å². The highest BCUT2D eigenvalue weighted by Gasteiger charge is 2.16. The fourth-order valence-electron chi connectivity index (χ4n) is 2.12. The van der Waals surface area contributed by atoms with Crippen molar-refractivity contribution < 1.29 is 9.53 Å². The van der Waals surface area contributed by atoms with Crippen LogP contribution in [-0.2, 0) is 11.2 Å². The first kappa shape index (κ1) is 16.9. The van der Waals surface area contributed by atoms with E-state index in [0.29, 0.717) is 19.2 Å². The summed E-state index contributed by atoms with van der Waals surface area (Å²) in [5.41, 5.74) is 2.06. The minimum Gasteiger partial charge on any atom is -0.383 e. The van der Waals surface area contributed by atoms with Crippen molar-refractivity contribution >= 4 is 5.78 Å². The summed E-state index contributed by atoms with van der Waals surface area (Å²) >= 11 is 0. The molecule has 112 valence electrons. The average Bonchev–Trinajstić information content (AvgIpc) is 2.50. The number of Topliss-reactive ketones (excluding diaryl/α,β-unsaturated/α-hetero) is 1. The first-order valence-corrected chi connectivity index (χ1v) is 7.47. The van der Waals surface area contributed by atoms with Crippen molar-refractivity contribution in [2.24, 2.45) is 0 Å². The van der Waals surface area contributed by atoms with Crippen LogP contribution >= 0.6 is 0 Å². The topological polar surface area (TPSA) is 29.5 Å². The number of methoxy groups -OCH3 is 1. The fraction of sp³-hybridized carbons (Fsp3) is 0.588. The molecule has 0 saturated heterocycles. The highest BCUT2D eigenvalue weighted by Crippen LogP contribution is 2.09. The molecule has 3 heteroatoms. The summed E-state index contributed by atoms with van der Waals surface area (Å²) in [4.78, 5) is 14.5. The van der Waals surface area contributed by atoms with Crippen LogP contribution in [0.4, 0.5) is 0 Å². The lowest BCUT2D eigenvalue weighted by molar-refractivity contribution is 0.0834. The van der Waals surface area contributed by atoms with E-state index in [1.165, 1.54) is 5.56 Å². The Morgan fingerprint density at radius 1 is 1.25 bits per heavy atom. The first-order valence-electron chi connectivity index (χ1n) is 7.47. The summed E-state index contributed by atoms with van der Waals surface area (Å²) in [6.07, 6.45) is 2.03. The molecule has 1 rings (SSSR count). The summed E-state index contributed by atoms with van der Waals surface area (Å²) < 4.78 is 5.13.